The number of nitrogens with one attached hydrogen (secondary N) is 1. The number of carbonyl (C=O) groups excluding carboxylic acids is 1. The fourth-order valence-corrected chi connectivity index (χ4v) is 5.30. The van der Waals surface area contributed by atoms with Crippen LogP contribution < -0.4 is 5.32 Å². The van der Waals surface area contributed by atoms with Crippen molar-refractivity contribution in [2.24, 2.45) is 11.8 Å². The zero-order chi connectivity index (χ0) is 22.0. The van der Waals surface area contributed by atoms with Crippen LogP contribution in [0.15, 0.2) is 42.2 Å². The Balaban J connectivity index is 1.49. The molecule has 8 heteroatoms. The summed E-state index contributed by atoms with van der Waals surface area (Å²) in [6.07, 6.45) is 5.49. The van der Waals surface area contributed by atoms with Crippen molar-refractivity contribution in [1.82, 2.24) is 9.97 Å². The van der Waals surface area contributed by atoms with Gasteiger partial charge in [0.15, 0.2) is 0 Å². The van der Waals surface area contributed by atoms with E-state index in [1.165, 1.54) is 17.7 Å². The molecule has 0 saturated heterocycles. The minimum absolute atomic E-state index is 0.0988. The third kappa shape index (κ3) is 5.09. The van der Waals surface area contributed by atoms with Crippen molar-refractivity contribution >= 4 is 46.1 Å². The minimum atomic E-state index is -0.0988. The lowest BCUT2D eigenvalue weighted by Crippen LogP contribution is -2.19. The molecule has 2 heterocycles. The van der Waals surface area contributed by atoms with Crippen molar-refractivity contribution in [3.63, 3.8) is 0 Å². The van der Waals surface area contributed by atoms with Crippen LogP contribution in [0.1, 0.15) is 46.1 Å². The molecule has 1 aliphatic rings. The molecule has 1 aromatic carbocycles. The van der Waals surface area contributed by atoms with E-state index in [9.17, 15) is 9.90 Å². The summed E-state index contributed by atoms with van der Waals surface area (Å²) in [6, 6.07) is 7.65. The fourth-order valence-electron chi connectivity index (χ4n) is 4.12. The van der Waals surface area contributed by atoms with Gasteiger partial charge in [-0.05, 0) is 65.8 Å². The number of rotatable bonds is 7. The van der Waals surface area contributed by atoms with Gasteiger partial charge in [0.2, 0.25) is 5.78 Å². The van der Waals surface area contributed by atoms with E-state index >= 15 is 0 Å². The van der Waals surface area contributed by atoms with Crippen LogP contribution in [-0.4, -0.2) is 33.5 Å². The van der Waals surface area contributed by atoms with Gasteiger partial charge in [-0.3, -0.25) is 4.79 Å². The Morgan fingerprint density at radius 2 is 2.06 bits per heavy atom. The Morgan fingerprint density at radius 3 is 2.81 bits per heavy atom. The van der Waals surface area contributed by atoms with Gasteiger partial charge in [0.1, 0.15) is 12.1 Å². The molecule has 0 unspecified atom stereocenters. The highest BCUT2D eigenvalue weighted by atomic mass is 35.5. The van der Waals surface area contributed by atoms with E-state index < -0.39 is 0 Å². The molecule has 2 aromatic heterocycles. The maximum Gasteiger partial charge on any atom is 0.208 e. The van der Waals surface area contributed by atoms with Crippen molar-refractivity contribution in [1.29, 1.82) is 0 Å². The summed E-state index contributed by atoms with van der Waals surface area (Å²) >= 11 is 13.5. The standard InChI is InChI=1S/C23H23Cl2N3O2S/c1-13-4-17(8-16(13)10-29)28-23-18(9-26-12-27-23)22(30)21-7-15(11-31-21)5-14-2-3-19(24)20(25)6-14/h2-3,6-7,9,11-13,16-17,29H,4-5,8,10H2,1H3,(H,26,27,28)/t13-,16+,17-/m0/s1. The third-order valence-electron chi connectivity index (χ3n) is 5.85. The Bertz CT molecular complexity index is 1090. The Labute approximate surface area is 195 Å². The number of halogens is 2. The number of aliphatic hydroxyl groups excluding tert-OH is 1. The summed E-state index contributed by atoms with van der Waals surface area (Å²) in [5, 5.41) is 16.0. The highest BCUT2D eigenvalue weighted by Gasteiger charge is 2.31. The number of anilines is 1. The van der Waals surface area contributed by atoms with Crippen LogP contribution in [0, 0.1) is 11.8 Å². The highest BCUT2D eigenvalue weighted by molar-refractivity contribution is 7.12. The molecule has 3 aromatic rings. The summed E-state index contributed by atoms with van der Waals surface area (Å²) in [5.74, 6) is 1.16. The number of ketones is 1. The third-order valence-corrected chi connectivity index (χ3v) is 7.57. The van der Waals surface area contributed by atoms with Crippen LogP contribution in [0.2, 0.25) is 10.0 Å². The van der Waals surface area contributed by atoms with Crippen LogP contribution in [0.25, 0.3) is 0 Å². The number of hydrogen-bond acceptors (Lipinski definition) is 6. The molecule has 162 valence electrons. The lowest BCUT2D eigenvalue weighted by atomic mass is 10.00. The molecule has 0 aliphatic heterocycles. The first-order valence-corrected chi connectivity index (χ1v) is 11.8. The van der Waals surface area contributed by atoms with Crippen molar-refractivity contribution in [2.45, 2.75) is 32.2 Å². The topological polar surface area (TPSA) is 75.1 Å². The summed E-state index contributed by atoms with van der Waals surface area (Å²) < 4.78 is 0. The van der Waals surface area contributed by atoms with Gasteiger partial charge in [0, 0.05) is 18.8 Å². The van der Waals surface area contributed by atoms with Gasteiger partial charge in [-0.15, -0.1) is 11.3 Å². The van der Waals surface area contributed by atoms with E-state index in [0.717, 1.165) is 24.0 Å². The van der Waals surface area contributed by atoms with Crippen LogP contribution in [-0.2, 0) is 6.42 Å². The summed E-state index contributed by atoms with van der Waals surface area (Å²) in [5.41, 5.74) is 2.53. The van der Waals surface area contributed by atoms with Crippen LogP contribution >= 0.6 is 34.5 Å². The summed E-state index contributed by atoms with van der Waals surface area (Å²) in [4.78, 5) is 22.2. The molecule has 5 nitrogen and oxygen atoms in total. The Kier molecular flexibility index (Phi) is 6.92. The predicted octanol–water partition coefficient (Wildman–Crippen LogP) is 5.49. The molecular formula is C23H23Cl2N3O2S. The van der Waals surface area contributed by atoms with Gasteiger partial charge in [0.25, 0.3) is 0 Å². The lowest BCUT2D eigenvalue weighted by molar-refractivity contribution is 0.104. The molecule has 0 radical (unpaired) electrons. The second-order valence-corrected chi connectivity index (χ2v) is 9.82. The molecule has 4 rings (SSSR count). The highest BCUT2D eigenvalue weighted by Crippen LogP contribution is 2.34. The van der Waals surface area contributed by atoms with E-state index in [4.69, 9.17) is 23.2 Å². The number of nitrogens with zero attached hydrogens (tertiary/aromatic N) is 2. The number of hydrogen-bond donors (Lipinski definition) is 2. The maximum atomic E-state index is 13.2. The van der Waals surface area contributed by atoms with E-state index in [2.05, 4.69) is 22.2 Å². The van der Waals surface area contributed by atoms with Crippen LogP contribution in [0.4, 0.5) is 5.82 Å². The molecule has 1 saturated carbocycles. The Morgan fingerprint density at radius 1 is 1.23 bits per heavy atom. The summed E-state index contributed by atoms with van der Waals surface area (Å²) in [7, 11) is 0. The fraction of sp³-hybridized carbons (Fsp3) is 0.348. The molecule has 3 atom stereocenters. The van der Waals surface area contributed by atoms with Gasteiger partial charge in [0.05, 0.1) is 20.5 Å². The minimum Gasteiger partial charge on any atom is -0.396 e. The second kappa shape index (κ2) is 9.65. The number of carbonyl (C=O) groups is 1. The average molecular weight is 476 g/mol. The molecule has 2 N–H and O–H groups in total. The lowest BCUT2D eigenvalue weighted by Gasteiger charge is -2.15. The van der Waals surface area contributed by atoms with Gasteiger partial charge in [-0.25, -0.2) is 9.97 Å². The maximum absolute atomic E-state index is 13.2. The average Bonchev–Trinajstić information content (AvgIpc) is 3.36. The molecule has 0 spiro atoms. The quantitative estimate of drug-likeness (QED) is 0.442. The van der Waals surface area contributed by atoms with Gasteiger partial charge < -0.3 is 10.4 Å². The van der Waals surface area contributed by atoms with Crippen LogP contribution in [0.5, 0.6) is 0 Å². The zero-order valence-electron chi connectivity index (χ0n) is 17.0. The van der Waals surface area contributed by atoms with E-state index in [1.807, 2.05) is 23.6 Å². The van der Waals surface area contributed by atoms with Crippen molar-refractivity contribution in [3.05, 3.63) is 73.8 Å². The number of aliphatic hydroxyl groups is 1. The van der Waals surface area contributed by atoms with Gasteiger partial charge in [-0.2, -0.15) is 0 Å². The number of benzene rings is 1. The number of aromatic nitrogens is 2. The zero-order valence-corrected chi connectivity index (χ0v) is 19.3. The van der Waals surface area contributed by atoms with Crippen LogP contribution in [0.3, 0.4) is 0 Å². The van der Waals surface area contributed by atoms with Gasteiger partial charge in [-0.1, -0.05) is 36.2 Å². The SMILES string of the molecule is C[C@H]1C[C@H](Nc2ncncc2C(=O)c2cc(Cc3ccc(Cl)c(Cl)c3)cs2)C[C@@H]1CO. The van der Waals surface area contributed by atoms with Gasteiger partial charge >= 0.3 is 0 Å². The largest absolute Gasteiger partial charge is 0.396 e. The molecule has 0 amide bonds. The normalized spacial score (nSPS) is 20.7. The van der Waals surface area contributed by atoms with E-state index in [-0.39, 0.29) is 24.3 Å². The smallest absolute Gasteiger partial charge is 0.208 e. The molecule has 1 fully saturated rings. The Hall–Kier alpha value is -1.99. The molecule has 1 aliphatic carbocycles. The van der Waals surface area contributed by atoms with E-state index in [1.54, 1.807) is 12.3 Å². The molecule has 31 heavy (non-hydrogen) atoms. The predicted molar refractivity (Wildman–Crippen MR) is 125 cm³/mol. The second-order valence-electron chi connectivity index (χ2n) is 8.09. The molecule has 0 bridgehead atoms. The van der Waals surface area contributed by atoms with Crippen molar-refractivity contribution < 1.29 is 9.90 Å². The van der Waals surface area contributed by atoms with Crippen molar-refractivity contribution in [2.75, 3.05) is 11.9 Å². The first kappa shape index (κ1) is 22.2. The monoisotopic (exact) mass is 475 g/mol. The number of thiophene rings is 1. The first-order valence-electron chi connectivity index (χ1n) is 10.2. The van der Waals surface area contributed by atoms with E-state index in [0.29, 0.717) is 38.6 Å². The summed E-state index contributed by atoms with van der Waals surface area (Å²) in [6.45, 7) is 2.33. The van der Waals surface area contributed by atoms with Crippen molar-refractivity contribution in [3.8, 4) is 0 Å². The first-order chi connectivity index (χ1) is 14.9. The molecular weight excluding hydrogens is 453 g/mol.